The highest BCUT2D eigenvalue weighted by Crippen LogP contribution is 2.25. The van der Waals surface area contributed by atoms with E-state index < -0.39 is 11.9 Å². The minimum absolute atomic E-state index is 0.0691. The van der Waals surface area contributed by atoms with Crippen LogP contribution in [0.4, 0.5) is 5.69 Å². The maximum atomic E-state index is 11.9. The molecule has 0 saturated carbocycles. The lowest BCUT2D eigenvalue weighted by molar-refractivity contribution is -0.141. The molecule has 0 spiro atoms. The molecular weight excluding hydrogens is 284 g/mol. The normalized spacial score (nSPS) is 21.7. The van der Waals surface area contributed by atoms with Crippen molar-refractivity contribution in [3.05, 3.63) is 29.8 Å². The van der Waals surface area contributed by atoms with Gasteiger partial charge in [0.1, 0.15) is 0 Å². The summed E-state index contributed by atoms with van der Waals surface area (Å²) in [6.07, 6.45) is 1.52. The van der Waals surface area contributed by atoms with Crippen LogP contribution in [-0.2, 0) is 20.9 Å². The number of hydrogen-bond acceptors (Lipinski definition) is 3. The Hall–Kier alpha value is -2.37. The lowest BCUT2D eigenvalue weighted by Gasteiger charge is -2.19. The molecule has 6 nitrogen and oxygen atoms in total. The van der Waals surface area contributed by atoms with Crippen LogP contribution in [0, 0.1) is 5.92 Å². The first-order valence-corrected chi connectivity index (χ1v) is 7.44. The molecule has 2 heterocycles. The van der Waals surface area contributed by atoms with Crippen molar-refractivity contribution in [1.29, 1.82) is 0 Å². The molecule has 0 aliphatic carbocycles. The molecule has 22 heavy (non-hydrogen) atoms. The Labute approximate surface area is 128 Å². The number of amides is 2. The van der Waals surface area contributed by atoms with E-state index in [1.807, 2.05) is 24.3 Å². The van der Waals surface area contributed by atoms with Gasteiger partial charge in [-0.15, -0.1) is 0 Å². The van der Waals surface area contributed by atoms with Crippen molar-refractivity contribution in [1.82, 2.24) is 4.90 Å². The van der Waals surface area contributed by atoms with Gasteiger partial charge in [0.2, 0.25) is 11.8 Å². The van der Waals surface area contributed by atoms with Gasteiger partial charge in [0.15, 0.2) is 0 Å². The second-order valence-electron chi connectivity index (χ2n) is 5.83. The lowest BCUT2D eigenvalue weighted by atomic mass is 10.1. The van der Waals surface area contributed by atoms with E-state index in [1.54, 1.807) is 9.80 Å². The maximum absolute atomic E-state index is 11.9. The molecular formula is C16H18N2O4. The Balaban J connectivity index is 1.72. The number of carboxylic acids is 1. The van der Waals surface area contributed by atoms with E-state index in [0.29, 0.717) is 13.0 Å². The molecule has 1 atom stereocenters. The van der Waals surface area contributed by atoms with Crippen LogP contribution in [0.5, 0.6) is 0 Å². The van der Waals surface area contributed by atoms with Gasteiger partial charge >= 0.3 is 5.97 Å². The van der Waals surface area contributed by atoms with Gasteiger partial charge in [-0.25, -0.2) is 0 Å². The molecule has 1 aromatic carbocycles. The maximum Gasteiger partial charge on any atom is 0.308 e. The first-order chi connectivity index (χ1) is 10.5. The van der Waals surface area contributed by atoms with Crippen LogP contribution < -0.4 is 4.90 Å². The largest absolute Gasteiger partial charge is 0.481 e. The monoisotopic (exact) mass is 302 g/mol. The van der Waals surface area contributed by atoms with Crippen molar-refractivity contribution in [2.24, 2.45) is 5.92 Å². The zero-order valence-corrected chi connectivity index (χ0v) is 12.2. The number of carbonyl (C=O) groups excluding carboxylic acids is 2. The van der Waals surface area contributed by atoms with E-state index in [-0.39, 0.29) is 24.8 Å². The highest BCUT2D eigenvalue weighted by Gasteiger charge is 2.34. The van der Waals surface area contributed by atoms with E-state index >= 15 is 0 Å². The van der Waals surface area contributed by atoms with Crippen molar-refractivity contribution in [3.8, 4) is 0 Å². The van der Waals surface area contributed by atoms with E-state index in [0.717, 1.165) is 24.2 Å². The third-order valence-electron chi connectivity index (χ3n) is 4.23. The first-order valence-electron chi connectivity index (χ1n) is 7.44. The molecule has 2 amide bonds. The van der Waals surface area contributed by atoms with Gasteiger partial charge in [0, 0.05) is 38.2 Å². The summed E-state index contributed by atoms with van der Waals surface area (Å²) in [6, 6.07) is 7.56. The number of rotatable bonds is 4. The average molecular weight is 302 g/mol. The van der Waals surface area contributed by atoms with Crippen LogP contribution in [0.2, 0.25) is 0 Å². The molecule has 2 saturated heterocycles. The summed E-state index contributed by atoms with van der Waals surface area (Å²) in [4.78, 5) is 38.0. The summed E-state index contributed by atoms with van der Waals surface area (Å²) in [6.45, 7) is 1.37. The zero-order chi connectivity index (χ0) is 15.7. The Kier molecular flexibility index (Phi) is 3.83. The van der Waals surface area contributed by atoms with E-state index in [1.165, 1.54) is 0 Å². The summed E-state index contributed by atoms with van der Waals surface area (Å²) < 4.78 is 0. The fourth-order valence-corrected chi connectivity index (χ4v) is 3.05. The summed E-state index contributed by atoms with van der Waals surface area (Å²) >= 11 is 0. The van der Waals surface area contributed by atoms with E-state index in [2.05, 4.69) is 0 Å². The summed E-state index contributed by atoms with van der Waals surface area (Å²) in [5.74, 6) is -1.54. The molecule has 2 fully saturated rings. The van der Waals surface area contributed by atoms with Gasteiger partial charge in [-0.3, -0.25) is 14.4 Å². The zero-order valence-electron chi connectivity index (χ0n) is 12.2. The highest BCUT2D eigenvalue weighted by atomic mass is 16.4. The minimum atomic E-state index is -0.924. The minimum Gasteiger partial charge on any atom is -0.481 e. The third-order valence-corrected chi connectivity index (χ3v) is 4.23. The predicted molar refractivity (Wildman–Crippen MR) is 79.2 cm³/mol. The van der Waals surface area contributed by atoms with Gasteiger partial charge in [-0.2, -0.15) is 0 Å². The van der Waals surface area contributed by atoms with Crippen molar-refractivity contribution in [2.75, 3.05) is 18.0 Å². The van der Waals surface area contributed by atoms with Crippen molar-refractivity contribution < 1.29 is 19.5 Å². The molecule has 116 valence electrons. The molecule has 2 aliphatic rings. The SMILES string of the molecule is O=C(O)C1CC(=O)N(Cc2cccc(N3CCCC3=O)c2)C1. The van der Waals surface area contributed by atoms with E-state index in [9.17, 15) is 14.4 Å². The molecule has 6 heteroatoms. The smallest absolute Gasteiger partial charge is 0.308 e. The second-order valence-corrected chi connectivity index (χ2v) is 5.83. The van der Waals surface area contributed by atoms with Crippen LogP contribution in [0.3, 0.4) is 0 Å². The van der Waals surface area contributed by atoms with Gasteiger partial charge in [0.25, 0.3) is 0 Å². The summed E-state index contributed by atoms with van der Waals surface area (Å²) in [5, 5.41) is 9.01. The number of nitrogens with zero attached hydrogens (tertiary/aromatic N) is 2. The van der Waals surface area contributed by atoms with Crippen LogP contribution in [-0.4, -0.2) is 40.9 Å². The van der Waals surface area contributed by atoms with Crippen LogP contribution in [0.25, 0.3) is 0 Å². The molecule has 1 unspecified atom stereocenters. The van der Waals surface area contributed by atoms with Crippen LogP contribution in [0.1, 0.15) is 24.8 Å². The topological polar surface area (TPSA) is 77.9 Å². The number of likely N-dealkylation sites (tertiary alicyclic amines) is 1. The van der Waals surface area contributed by atoms with Crippen LogP contribution in [0.15, 0.2) is 24.3 Å². The van der Waals surface area contributed by atoms with E-state index in [4.69, 9.17) is 5.11 Å². The molecule has 3 rings (SSSR count). The third kappa shape index (κ3) is 2.81. The average Bonchev–Trinajstić information content (AvgIpc) is 3.06. The number of benzene rings is 1. The number of hydrogen-bond donors (Lipinski definition) is 1. The second kappa shape index (κ2) is 5.79. The fourth-order valence-electron chi connectivity index (χ4n) is 3.05. The Morgan fingerprint density at radius 3 is 2.73 bits per heavy atom. The number of aliphatic carboxylic acids is 1. The van der Waals surface area contributed by atoms with Gasteiger partial charge < -0.3 is 14.9 Å². The predicted octanol–water partition coefficient (Wildman–Crippen LogP) is 1.25. The summed E-state index contributed by atoms with van der Waals surface area (Å²) in [5.41, 5.74) is 1.76. The number of carboxylic acid groups (broad SMARTS) is 1. The number of anilines is 1. The molecule has 1 N–H and O–H groups in total. The fraction of sp³-hybridized carbons (Fsp3) is 0.438. The van der Waals surface area contributed by atoms with Crippen molar-refractivity contribution in [2.45, 2.75) is 25.8 Å². The van der Waals surface area contributed by atoms with Gasteiger partial charge in [-0.1, -0.05) is 12.1 Å². The van der Waals surface area contributed by atoms with Gasteiger partial charge in [0.05, 0.1) is 5.92 Å². The molecule has 0 bridgehead atoms. The van der Waals surface area contributed by atoms with Crippen LogP contribution >= 0.6 is 0 Å². The number of carbonyl (C=O) groups is 3. The Morgan fingerprint density at radius 2 is 2.09 bits per heavy atom. The molecule has 1 aromatic rings. The Morgan fingerprint density at radius 1 is 1.27 bits per heavy atom. The first kappa shape index (κ1) is 14.6. The van der Waals surface area contributed by atoms with Crippen molar-refractivity contribution >= 4 is 23.5 Å². The Bertz CT molecular complexity index is 628. The molecule has 2 aliphatic heterocycles. The van der Waals surface area contributed by atoms with Gasteiger partial charge in [-0.05, 0) is 24.1 Å². The molecule has 0 aromatic heterocycles. The quantitative estimate of drug-likeness (QED) is 0.908. The highest BCUT2D eigenvalue weighted by molar-refractivity contribution is 5.95. The summed E-state index contributed by atoms with van der Waals surface area (Å²) in [7, 11) is 0. The van der Waals surface area contributed by atoms with Crippen molar-refractivity contribution in [3.63, 3.8) is 0 Å². The molecule has 0 radical (unpaired) electrons. The standard InChI is InChI=1S/C16H18N2O4/c19-14-5-2-6-18(14)13-4-1-3-11(7-13)9-17-10-12(16(21)22)8-15(17)20/h1,3-4,7,12H,2,5-6,8-10H2,(H,21,22). The lowest BCUT2D eigenvalue weighted by Crippen LogP contribution is -2.26.